The number of Topliss-reactive ketones (excluding diaryl/α,β-unsaturated/α-hetero) is 1. The summed E-state index contributed by atoms with van der Waals surface area (Å²) in [5.41, 5.74) is 1.12. The number of thioether (sulfide) groups is 1. The van der Waals surface area contributed by atoms with Crippen LogP contribution >= 0.6 is 23.1 Å². The summed E-state index contributed by atoms with van der Waals surface area (Å²) in [4.78, 5) is 34.9. The van der Waals surface area contributed by atoms with E-state index in [1.165, 1.54) is 24.2 Å². The molecule has 2 N–H and O–H groups in total. The lowest BCUT2D eigenvalue weighted by atomic mass is 9.96. The van der Waals surface area contributed by atoms with Crippen molar-refractivity contribution >= 4 is 55.6 Å². The van der Waals surface area contributed by atoms with Gasteiger partial charge in [-0.05, 0) is 31.0 Å². The van der Waals surface area contributed by atoms with Gasteiger partial charge in [0.1, 0.15) is 4.21 Å². The van der Waals surface area contributed by atoms with Crippen molar-refractivity contribution in [3.63, 3.8) is 0 Å². The molecule has 4 rings (SSSR count). The Morgan fingerprint density at radius 1 is 1.12 bits per heavy atom. The van der Waals surface area contributed by atoms with Crippen molar-refractivity contribution in [1.29, 1.82) is 0 Å². The summed E-state index contributed by atoms with van der Waals surface area (Å²) in [6.07, 6.45) is 7.85. The minimum absolute atomic E-state index is 0.00374. The number of rotatable bonds is 8. The SMILES string of the molecule is CS(=O)(=O)c1sc(NC(=O)Nc2cnccc2C(=O)C2CCCC2)nc1CSc1ccccc1. The van der Waals surface area contributed by atoms with Crippen LogP contribution in [-0.2, 0) is 15.6 Å². The molecule has 0 atom stereocenters. The molecule has 0 radical (unpaired) electrons. The third-order valence-corrected chi connectivity index (χ3v) is 9.30. The van der Waals surface area contributed by atoms with Gasteiger partial charge in [0.05, 0.1) is 17.6 Å². The summed E-state index contributed by atoms with van der Waals surface area (Å²) in [6, 6.07) is 10.6. The third kappa shape index (κ3) is 6.02. The first kappa shape index (κ1) is 24.4. The number of urea groups is 1. The van der Waals surface area contributed by atoms with Crippen molar-refractivity contribution in [3.05, 3.63) is 60.0 Å². The zero-order valence-corrected chi connectivity index (χ0v) is 20.9. The van der Waals surface area contributed by atoms with E-state index in [2.05, 4.69) is 20.6 Å². The smallest absolute Gasteiger partial charge is 0.305 e. The van der Waals surface area contributed by atoms with Crippen LogP contribution in [0, 0.1) is 5.92 Å². The van der Waals surface area contributed by atoms with E-state index in [-0.39, 0.29) is 21.0 Å². The van der Waals surface area contributed by atoms with E-state index in [1.807, 2.05) is 30.3 Å². The Balaban J connectivity index is 1.48. The van der Waals surface area contributed by atoms with Gasteiger partial charge in [0.2, 0.25) is 0 Å². The number of hydrogen-bond acceptors (Lipinski definition) is 8. The van der Waals surface area contributed by atoms with Crippen molar-refractivity contribution in [3.8, 4) is 0 Å². The molecule has 2 amide bonds. The van der Waals surface area contributed by atoms with E-state index >= 15 is 0 Å². The average molecular weight is 517 g/mol. The van der Waals surface area contributed by atoms with Gasteiger partial charge in [-0.2, -0.15) is 0 Å². The third-order valence-electron chi connectivity index (χ3n) is 5.40. The highest BCUT2D eigenvalue weighted by Gasteiger charge is 2.26. The second-order valence-electron chi connectivity index (χ2n) is 7.97. The maximum Gasteiger partial charge on any atom is 0.325 e. The minimum Gasteiger partial charge on any atom is -0.305 e. The Hall–Kier alpha value is -2.76. The number of anilines is 2. The molecular weight excluding hydrogens is 492 g/mol. The zero-order valence-electron chi connectivity index (χ0n) is 18.5. The maximum absolute atomic E-state index is 12.9. The second-order valence-corrected chi connectivity index (χ2v) is 12.2. The molecule has 0 spiro atoms. The molecule has 1 aliphatic carbocycles. The molecule has 2 aromatic heterocycles. The largest absolute Gasteiger partial charge is 0.325 e. The van der Waals surface area contributed by atoms with E-state index in [1.54, 1.807) is 6.07 Å². The van der Waals surface area contributed by atoms with Crippen LogP contribution in [0.4, 0.5) is 15.6 Å². The van der Waals surface area contributed by atoms with E-state index < -0.39 is 15.9 Å². The van der Waals surface area contributed by atoms with Crippen molar-refractivity contribution in [2.75, 3.05) is 16.9 Å². The molecule has 2 heterocycles. The first-order chi connectivity index (χ1) is 16.3. The summed E-state index contributed by atoms with van der Waals surface area (Å²) in [7, 11) is -3.52. The van der Waals surface area contributed by atoms with Gasteiger partial charge in [0, 0.05) is 34.6 Å². The number of ketones is 1. The molecule has 0 aliphatic heterocycles. The van der Waals surface area contributed by atoms with Crippen LogP contribution in [-0.4, -0.2) is 36.5 Å². The van der Waals surface area contributed by atoms with Gasteiger partial charge in [-0.25, -0.2) is 18.2 Å². The van der Waals surface area contributed by atoms with Crippen LogP contribution in [0.3, 0.4) is 0 Å². The van der Waals surface area contributed by atoms with E-state index in [4.69, 9.17) is 0 Å². The number of nitrogens with one attached hydrogen (secondary N) is 2. The van der Waals surface area contributed by atoms with Crippen molar-refractivity contribution < 1.29 is 18.0 Å². The zero-order chi connectivity index (χ0) is 24.1. The number of hydrogen-bond donors (Lipinski definition) is 2. The predicted octanol–water partition coefficient (Wildman–Crippen LogP) is 5.25. The van der Waals surface area contributed by atoms with Crippen LogP contribution in [0.25, 0.3) is 0 Å². The molecule has 0 bridgehead atoms. The Kier molecular flexibility index (Phi) is 7.64. The Morgan fingerprint density at radius 3 is 2.56 bits per heavy atom. The van der Waals surface area contributed by atoms with Gasteiger partial charge in [-0.15, -0.1) is 11.8 Å². The predicted molar refractivity (Wildman–Crippen MR) is 134 cm³/mol. The maximum atomic E-state index is 12.9. The van der Waals surface area contributed by atoms with Crippen LogP contribution in [0.2, 0.25) is 0 Å². The molecule has 0 saturated heterocycles. The average Bonchev–Trinajstić information content (AvgIpc) is 3.48. The van der Waals surface area contributed by atoms with E-state index in [0.717, 1.165) is 48.2 Å². The fourth-order valence-corrected chi connectivity index (χ4v) is 6.95. The number of carbonyl (C=O) groups excluding carboxylic acids is 2. The van der Waals surface area contributed by atoms with Crippen molar-refractivity contribution in [2.45, 2.75) is 40.5 Å². The van der Waals surface area contributed by atoms with Gasteiger partial charge in [0.15, 0.2) is 20.8 Å². The number of carbonyl (C=O) groups is 2. The fourth-order valence-electron chi connectivity index (χ4n) is 3.81. The molecule has 1 aromatic carbocycles. The van der Waals surface area contributed by atoms with Crippen LogP contribution < -0.4 is 10.6 Å². The van der Waals surface area contributed by atoms with Gasteiger partial charge in [0.25, 0.3) is 0 Å². The monoisotopic (exact) mass is 516 g/mol. The molecule has 34 heavy (non-hydrogen) atoms. The highest BCUT2D eigenvalue weighted by Crippen LogP contribution is 2.33. The van der Waals surface area contributed by atoms with Crippen LogP contribution in [0.5, 0.6) is 0 Å². The topological polar surface area (TPSA) is 118 Å². The fraction of sp³-hybridized carbons (Fsp3) is 0.304. The van der Waals surface area contributed by atoms with Crippen molar-refractivity contribution in [2.24, 2.45) is 5.92 Å². The molecule has 178 valence electrons. The number of thiazole rings is 1. The minimum atomic E-state index is -3.52. The van der Waals surface area contributed by atoms with Crippen LogP contribution in [0.1, 0.15) is 41.7 Å². The second kappa shape index (κ2) is 10.7. The van der Waals surface area contributed by atoms with Crippen LogP contribution in [0.15, 0.2) is 57.9 Å². The highest BCUT2D eigenvalue weighted by atomic mass is 32.2. The molecule has 8 nitrogen and oxygen atoms in total. The Bertz CT molecular complexity index is 1290. The summed E-state index contributed by atoms with van der Waals surface area (Å²) in [5, 5.41) is 5.43. The highest BCUT2D eigenvalue weighted by molar-refractivity contribution is 7.98. The molecular formula is C23H24N4O4S3. The number of nitrogens with zero attached hydrogens (tertiary/aromatic N) is 2. The summed E-state index contributed by atoms with van der Waals surface area (Å²) in [5.74, 6) is 0.311. The van der Waals surface area contributed by atoms with Gasteiger partial charge in [-0.1, -0.05) is 42.4 Å². The lowest BCUT2D eigenvalue weighted by Crippen LogP contribution is -2.22. The van der Waals surface area contributed by atoms with Gasteiger partial charge >= 0.3 is 6.03 Å². The standard InChI is InChI=1S/C23H24N4O4S3/c1-34(30,31)21-19(14-32-16-9-3-2-4-10-16)26-23(33-21)27-22(29)25-18-13-24-12-11-17(18)20(28)15-7-5-6-8-15/h2-4,9-13,15H,5-8,14H2,1H3,(H2,25,26,27,29). The normalized spacial score (nSPS) is 14.1. The summed E-state index contributed by atoms with van der Waals surface area (Å²) < 4.78 is 24.7. The summed E-state index contributed by atoms with van der Waals surface area (Å²) >= 11 is 2.37. The van der Waals surface area contributed by atoms with Gasteiger partial charge in [-0.3, -0.25) is 15.1 Å². The number of sulfone groups is 1. The number of aromatic nitrogens is 2. The molecule has 1 saturated carbocycles. The lowest BCUT2D eigenvalue weighted by molar-refractivity contribution is 0.0923. The number of benzene rings is 1. The first-order valence-electron chi connectivity index (χ1n) is 10.7. The number of pyridine rings is 1. The number of amides is 2. The van der Waals surface area contributed by atoms with Crippen molar-refractivity contribution in [1.82, 2.24) is 9.97 Å². The molecule has 0 unspecified atom stereocenters. The Morgan fingerprint density at radius 2 is 1.85 bits per heavy atom. The molecule has 11 heteroatoms. The summed E-state index contributed by atoms with van der Waals surface area (Å²) in [6.45, 7) is 0. The van der Waals surface area contributed by atoms with Gasteiger partial charge < -0.3 is 5.32 Å². The lowest BCUT2D eigenvalue weighted by Gasteiger charge is -2.13. The quantitative estimate of drug-likeness (QED) is 0.310. The van der Waals surface area contributed by atoms with E-state index in [0.29, 0.717) is 22.7 Å². The van der Waals surface area contributed by atoms with E-state index in [9.17, 15) is 18.0 Å². The molecule has 1 fully saturated rings. The molecule has 1 aliphatic rings. The molecule has 3 aromatic rings. The Labute approximate surface area is 206 Å². The first-order valence-corrected chi connectivity index (χ1v) is 14.4.